The van der Waals surface area contributed by atoms with Crippen molar-refractivity contribution in [2.45, 2.75) is 12.6 Å². The summed E-state index contributed by atoms with van der Waals surface area (Å²) in [5.41, 5.74) is -2.46. The molecule has 0 aromatic heterocycles. The molecule has 0 atom stereocenters. The third-order valence-electron chi connectivity index (χ3n) is 1.95. The van der Waals surface area contributed by atoms with E-state index in [4.69, 9.17) is 16.9 Å². The first-order valence-electron chi connectivity index (χ1n) is 4.18. The summed E-state index contributed by atoms with van der Waals surface area (Å²) in [7, 11) is 0. The summed E-state index contributed by atoms with van der Waals surface area (Å²) >= 11 is 5.51. The Bertz CT molecular complexity index is 508. The molecule has 0 unspecified atom stereocenters. The molecule has 0 saturated heterocycles. The van der Waals surface area contributed by atoms with Crippen molar-refractivity contribution in [2.24, 2.45) is 0 Å². The molecule has 0 fully saturated rings. The standard InChI is InChI=1S/C9H4ClF3N2O2/c10-8-4-5(15(16)17)3-7(9(11,12)13)6(8)1-2-14/h3-4H,1H2. The highest BCUT2D eigenvalue weighted by Gasteiger charge is 2.36. The Balaban J connectivity index is 3.51. The van der Waals surface area contributed by atoms with Gasteiger partial charge in [-0.25, -0.2) is 0 Å². The predicted octanol–water partition coefficient (Wildman–Crippen LogP) is 3.33. The Hall–Kier alpha value is -1.81. The second-order valence-electron chi connectivity index (χ2n) is 3.04. The molecule has 0 aliphatic carbocycles. The monoisotopic (exact) mass is 264 g/mol. The van der Waals surface area contributed by atoms with Gasteiger partial charge in [0, 0.05) is 12.1 Å². The smallest absolute Gasteiger partial charge is 0.258 e. The van der Waals surface area contributed by atoms with Gasteiger partial charge in [0.15, 0.2) is 0 Å². The van der Waals surface area contributed by atoms with Gasteiger partial charge in [-0.15, -0.1) is 0 Å². The highest BCUT2D eigenvalue weighted by atomic mass is 35.5. The van der Waals surface area contributed by atoms with Crippen molar-refractivity contribution in [3.63, 3.8) is 0 Å². The van der Waals surface area contributed by atoms with Crippen LogP contribution in [0.5, 0.6) is 0 Å². The van der Waals surface area contributed by atoms with Crippen molar-refractivity contribution in [3.8, 4) is 6.07 Å². The zero-order valence-corrected chi connectivity index (χ0v) is 8.84. The Morgan fingerprint density at radius 1 is 1.47 bits per heavy atom. The number of nitro benzene ring substituents is 1. The Kier molecular flexibility index (Phi) is 3.58. The van der Waals surface area contributed by atoms with E-state index in [1.807, 2.05) is 0 Å². The van der Waals surface area contributed by atoms with Crippen LogP contribution in [0.25, 0.3) is 0 Å². The van der Waals surface area contributed by atoms with Crippen LogP contribution in [0.15, 0.2) is 12.1 Å². The molecule has 1 aromatic rings. The molecule has 4 nitrogen and oxygen atoms in total. The number of nitriles is 1. The van der Waals surface area contributed by atoms with Gasteiger partial charge >= 0.3 is 6.18 Å². The minimum Gasteiger partial charge on any atom is -0.258 e. The van der Waals surface area contributed by atoms with E-state index in [9.17, 15) is 23.3 Å². The van der Waals surface area contributed by atoms with Gasteiger partial charge in [-0.2, -0.15) is 18.4 Å². The molecule has 90 valence electrons. The lowest BCUT2D eigenvalue weighted by molar-refractivity contribution is -0.385. The van der Waals surface area contributed by atoms with E-state index in [1.54, 1.807) is 0 Å². The maximum Gasteiger partial charge on any atom is 0.417 e. The van der Waals surface area contributed by atoms with Crippen LogP contribution in [0, 0.1) is 21.4 Å². The largest absolute Gasteiger partial charge is 0.417 e. The third-order valence-corrected chi connectivity index (χ3v) is 2.29. The van der Waals surface area contributed by atoms with E-state index < -0.39 is 39.4 Å². The lowest BCUT2D eigenvalue weighted by Gasteiger charge is -2.12. The predicted molar refractivity (Wildman–Crippen MR) is 52.4 cm³/mol. The van der Waals surface area contributed by atoms with Gasteiger partial charge in [-0.1, -0.05) is 11.6 Å². The van der Waals surface area contributed by atoms with Gasteiger partial charge in [0.2, 0.25) is 0 Å². The van der Waals surface area contributed by atoms with Crippen molar-refractivity contribution in [3.05, 3.63) is 38.4 Å². The minimum absolute atomic E-state index is 0.374. The van der Waals surface area contributed by atoms with Gasteiger partial charge in [-0.3, -0.25) is 10.1 Å². The molecule has 0 radical (unpaired) electrons. The number of nitrogens with zero attached hydrogens (tertiary/aromatic N) is 2. The van der Waals surface area contributed by atoms with Crippen LogP contribution in [0.1, 0.15) is 11.1 Å². The van der Waals surface area contributed by atoms with Gasteiger partial charge in [0.1, 0.15) is 0 Å². The SMILES string of the molecule is N#CCc1c(Cl)cc([N+](=O)[O-])cc1C(F)(F)F. The van der Waals surface area contributed by atoms with Crippen LogP contribution < -0.4 is 0 Å². The Labute approximate surface area is 98.4 Å². The summed E-state index contributed by atoms with van der Waals surface area (Å²) in [5.74, 6) is 0. The maximum atomic E-state index is 12.6. The number of hydrogen-bond acceptors (Lipinski definition) is 3. The van der Waals surface area contributed by atoms with Crippen LogP contribution in [0.4, 0.5) is 18.9 Å². The zero-order chi connectivity index (χ0) is 13.2. The third kappa shape index (κ3) is 2.85. The summed E-state index contributed by atoms with van der Waals surface area (Å²) in [6, 6.07) is 2.70. The Morgan fingerprint density at radius 3 is 2.47 bits per heavy atom. The lowest BCUT2D eigenvalue weighted by Crippen LogP contribution is -2.10. The van der Waals surface area contributed by atoms with Gasteiger partial charge in [0.05, 0.1) is 28.0 Å². The van der Waals surface area contributed by atoms with Crippen molar-refractivity contribution in [2.75, 3.05) is 0 Å². The first-order valence-corrected chi connectivity index (χ1v) is 4.56. The summed E-state index contributed by atoms with van der Waals surface area (Å²) in [6.07, 6.45) is -5.35. The number of non-ortho nitro benzene ring substituents is 1. The molecule has 1 rings (SSSR count). The molecule has 0 heterocycles. The molecule has 0 aliphatic heterocycles. The summed E-state index contributed by atoms with van der Waals surface area (Å²) in [6.45, 7) is 0. The van der Waals surface area contributed by atoms with E-state index in [0.29, 0.717) is 6.07 Å². The summed E-state index contributed by atoms with van der Waals surface area (Å²) in [5, 5.41) is 18.4. The average Bonchev–Trinajstić information content (AvgIpc) is 2.18. The molecule has 17 heavy (non-hydrogen) atoms. The minimum atomic E-state index is -4.79. The van der Waals surface area contributed by atoms with E-state index >= 15 is 0 Å². The van der Waals surface area contributed by atoms with Crippen LogP contribution in [0.3, 0.4) is 0 Å². The Morgan fingerprint density at radius 2 is 2.06 bits per heavy atom. The van der Waals surface area contributed by atoms with Crippen molar-refractivity contribution in [1.82, 2.24) is 0 Å². The normalized spacial score (nSPS) is 11.0. The number of nitro groups is 1. The topological polar surface area (TPSA) is 66.9 Å². The van der Waals surface area contributed by atoms with E-state index in [-0.39, 0.29) is 0 Å². The molecule has 0 N–H and O–H groups in total. The van der Waals surface area contributed by atoms with E-state index in [0.717, 1.165) is 6.07 Å². The number of halogens is 4. The second kappa shape index (κ2) is 4.59. The molecule has 8 heteroatoms. The highest BCUT2D eigenvalue weighted by Crippen LogP contribution is 2.38. The molecular weight excluding hydrogens is 261 g/mol. The fraction of sp³-hybridized carbons (Fsp3) is 0.222. The van der Waals surface area contributed by atoms with E-state index in [2.05, 4.69) is 0 Å². The van der Waals surface area contributed by atoms with Crippen LogP contribution in [-0.2, 0) is 12.6 Å². The number of benzene rings is 1. The van der Waals surface area contributed by atoms with Gasteiger partial charge in [-0.05, 0) is 5.56 Å². The quantitative estimate of drug-likeness (QED) is 0.608. The van der Waals surface area contributed by atoms with Crippen molar-refractivity contribution in [1.29, 1.82) is 5.26 Å². The molecule has 0 saturated carbocycles. The number of rotatable bonds is 2. The fourth-order valence-corrected chi connectivity index (χ4v) is 1.52. The van der Waals surface area contributed by atoms with E-state index in [1.165, 1.54) is 6.07 Å². The zero-order valence-electron chi connectivity index (χ0n) is 8.08. The first kappa shape index (κ1) is 13.3. The van der Waals surface area contributed by atoms with Gasteiger partial charge < -0.3 is 0 Å². The molecule has 1 aromatic carbocycles. The summed E-state index contributed by atoms with van der Waals surface area (Å²) < 4.78 is 37.8. The number of alkyl halides is 3. The molecule has 0 aliphatic rings. The number of hydrogen-bond donors (Lipinski definition) is 0. The molecule has 0 bridgehead atoms. The maximum absolute atomic E-state index is 12.6. The van der Waals surface area contributed by atoms with Crippen molar-refractivity contribution < 1.29 is 18.1 Å². The summed E-state index contributed by atoms with van der Waals surface area (Å²) in [4.78, 5) is 9.44. The fourth-order valence-electron chi connectivity index (χ4n) is 1.24. The molecule has 0 amide bonds. The molecular formula is C9H4ClF3N2O2. The molecule has 0 spiro atoms. The first-order chi connectivity index (χ1) is 7.77. The van der Waals surface area contributed by atoms with Crippen LogP contribution >= 0.6 is 11.6 Å². The van der Waals surface area contributed by atoms with Crippen LogP contribution in [0.2, 0.25) is 5.02 Å². The van der Waals surface area contributed by atoms with Gasteiger partial charge in [0.25, 0.3) is 5.69 Å². The van der Waals surface area contributed by atoms with Crippen molar-refractivity contribution >= 4 is 17.3 Å². The second-order valence-corrected chi connectivity index (χ2v) is 3.45. The lowest BCUT2D eigenvalue weighted by atomic mass is 10.0. The van der Waals surface area contributed by atoms with Crippen LogP contribution in [-0.4, -0.2) is 4.92 Å². The highest BCUT2D eigenvalue weighted by molar-refractivity contribution is 6.31. The average molecular weight is 265 g/mol.